The van der Waals surface area contributed by atoms with Gasteiger partial charge in [-0.1, -0.05) is 0 Å². The number of amides is 1. The van der Waals surface area contributed by atoms with Crippen molar-refractivity contribution in [2.75, 3.05) is 39.5 Å². The molecule has 1 amide bonds. The van der Waals surface area contributed by atoms with Gasteiger partial charge >= 0.3 is 0 Å². The van der Waals surface area contributed by atoms with Gasteiger partial charge in [0.15, 0.2) is 11.5 Å². The third-order valence-corrected chi connectivity index (χ3v) is 4.19. The summed E-state index contributed by atoms with van der Waals surface area (Å²) in [6.45, 7) is 6.20. The van der Waals surface area contributed by atoms with Crippen LogP contribution < -0.4 is 15.2 Å². The summed E-state index contributed by atoms with van der Waals surface area (Å²) in [5.41, 5.74) is 6.34. The molecule has 1 aromatic rings. The maximum absolute atomic E-state index is 12.5. The zero-order chi connectivity index (χ0) is 14.8. The molecule has 0 spiro atoms. The number of ether oxygens (including phenoxy) is 2. The Kier molecular flexibility index (Phi) is 3.98. The Bertz CT molecular complexity index is 527. The van der Waals surface area contributed by atoms with Gasteiger partial charge in [-0.05, 0) is 25.1 Å². The van der Waals surface area contributed by atoms with Crippen LogP contribution in [0, 0.1) is 0 Å². The summed E-state index contributed by atoms with van der Waals surface area (Å²) in [7, 11) is 0. The molecule has 0 radical (unpaired) electrons. The number of piperazine rings is 1. The van der Waals surface area contributed by atoms with Crippen LogP contribution in [0.4, 0.5) is 0 Å². The first-order valence-electron chi connectivity index (χ1n) is 7.32. The maximum Gasteiger partial charge on any atom is 0.254 e. The smallest absolute Gasteiger partial charge is 0.254 e. The molecule has 2 N–H and O–H groups in total. The highest BCUT2D eigenvalue weighted by Crippen LogP contribution is 2.32. The van der Waals surface area contributed by atoms with Crippen molar-refractivity contribution >= 4 is 5.91 Å². The van der Waals surface area contributed by atoms with E-state index in [1.54, 1.807) is 18.2 Å². The number of nitrogens with two attached hydrogens (primary N) is 1. The van der Waals surface area contributed by atoms with E-state index in [1.165, 1.54) is 0 Å². The molecule has 1 unspecified atom stereocenters. The zero-order valence-corrected chi connectivity index (χ0v) is 12.2. The summed E-state index contributed by atoms with van der Waals surface area (Å²) in [5, 5.41) is 0. The van der Waals surface area contributed by atoms with Crippen LogP contribution in [0.15, 0.2) is 18.2 Å². The van der Waals surface area contributed by atoms with Crippen LogP contribution in [-0.4, -0.2) is 61.3 Å². The average molecular weight is 291 g/mol. The summed E-state index contributed by atoms with van der Waals surface area (Å²) in [6.07, 6.45) is 0. The highest BCUT2D eigenvalue weighted by Gasteiger charge is 2.25. The Morgan fingerprint density at radius 2 is 1.95 bits per heavy atom. The van der Waals surface area contributed by atoms with Crippen molar-refractivity contribution in [1.82, 2.24) is 9.80 Å². The predicted octanol–water partition coefficient (Wildman–Crippen LogP) is 0.520. The summed E-state index contributed by atoms with van der Waals surface area (Å²) < 4.78 is 10.6. The Labute approximate surface area is 124 Å². The fourth-order valence-electron chi connectivity index (χ4n) is 2.73. The van der Waals surface area contributed by atoms with Crippen LogP contribution in [0.25, 0.3) is 0 Å². The van der Waals surface area contributed by atoms with Gasteiger partial charge in [-0.3, -0.25) is 9.69 Å². The Morgan fingerprint density at radius 1 is 1.24 bits per heavy atom. The maximum atomic E-state index is 12.5. The van der Waals surface area contributed by atoms with E-state index in [9.17, 15) is 4.79 Å². The lowest BCUT2D eigenvalue weighted by Gasteiger charge is -2.37. The molecule has 0 aromatic heterocycles. The van der Waals surface area contributed by atoms with E-state index in [1.807, 2.05) is 4.90 Å². The fraction of sp³-hybridized carbons (Fsp3) is 0.533. The van der Waals surface area contributed by atoms with Crippen molar-refractivity contribution in [3.8, 4) is 11.5 Å². The molecule has 2 aliphatic heterocycles. The molecule has 114 valence electrons. The van der Waals surface area contributed by atoms with Gasteiger partial charge in [-0.15, -0.1) is 0 Å². The standard InChI is InChI=1S/C15H21N3O3/c1-11(9-16)17-4-6-18(7-5-17)15(19)12-2-3-13-14(8-12)21-10-20-13/h2-3,8,11H,4-7,9-10,16H2,1H3. The van der Waals surface area contributed by atoms with Crippen LogP contribution in [0.2, 0.25) is 0 Å². The lowest BCUT2D eigenvalue weighted by molar-refractivity contribution is 0.0588. The van der Waals surface area contributed by atoms with Gasteiger partial charge in [0.1, 0.15) is 0 Å². The van der Waals surface area contributed by atoms with E-state index < -0.39 is 0 Å². The molecule has 0 aliphatic carbocycles. The van der Waals surface area contributed by atoms with E-state index in [0.29, 0.717) is 29.6 Å². The van der Waals surface area contributed by atoms with Gasteiger partial charge in [-0.2, -0.15) is 0 Å². The van der Waals surface area contributed by atoms with E-state index in [4.69, 9.17) is 15.2 Å². The normalized spacial score (nSPS) is 19.6. The molecule has 21 heavy (non-hydrogen) atoms. The molecule has 2 heterocycles. The highest BCUT2D eigenvalue weighted by molar-refractivity contribution is 5.95. The molecule has 2 aliphatic rings. The largest absolute Gasteiger partial charge is 0.454 e. The van der Waals surface area contributed by atoms with Crippen molar-refractivity contribution in [1.29, 1.82) is 0 Å². The molecule has 0 bridgehead atoms. The third-order valence-electron chi connectivity index (χ3n) is 4.19. The lowest BCUT2D eigenvalue weighted by atomic mass is 10.1. The summed E-state index contributed by atoms with van der Waals surface area (Å²) in [4.78, 5) is 16.7. The minimum Gasteiger partial charge on any atom is -0.454 e. The monoisotopic (exact) mass is 291 g/mol. The summed E-state index contributed by atoms with van der Waals surface area (Å²) in [5.74, 6) is 1.40. The number of rotatable bonds is 3. The number of carbonyl (C=O) groups excluding carboxylic acids is 1. The van der Waals surface area contributed by atoms with E-state index in [-0.39, 0.29) is 12.7 Å². The van der Waals surface area contributed by atoms with Crippen LogP contribution in [0.5, 0.6) is 11.5 Å². The molecule has 6 heteroatoms. The number of hydrogen-bond donors (Lipinski definition) is 1. The predicted molar refractivity (Wildman–Crippen MR) is 78.6 cm³/mol. The number of hydrogen-bond acceptors (Lipinski definition) is 5. The van der Waals surface area contributed by atoms with Crippen LogP contribution in [0.3, 0.4) is 0 Å². The lowest BCUT2D eigenvalue weighted by Crippen LogP contribution is -2.52. The molecule has 1 atom stereocenters. The molecular formula is C15H21N3O3. The molecule has 1 aromatic carbocycles. The molecule has 0 saturated carbocycles. The molecule has 1 fully saturated rings. The molecule has 6 nitrogen and oxygen atoms in total. The first kappa shape index (κ1) is 14.2. The number of carbonyl (C=O) groups is 1. The van der Waals surface area contributed by atoms with Crippen molar-refractivity contribution in [3.63, 3.8) is 0 Å². The number of benzene rings is 1. The quantitative estimate of drug-likeness (QED) is 0.879. The Morgan fingerprint density at radius 3 is 2.67 bits per heavy atom. The molecule has 1 saturated heterocycles. The second-order valence-electron chi connectivity index (χ2n) is 5.48. The van der Waals surface area contributed by atoms with Gasteiger partial charge in [0.05, 0.1) is 0 Å². The van der Waals surface area contributed by atoms with E-state index >= 15 is 0 Å². The first-order chi connectivity index (χ1) is 10.2. The van der Waals surface area contributed by atoms with Crippen LogP contribution in [-0.2, 0) is 0 Å². The second-order valence-corrected chi connectivity index (χ2v) is 5.48. The zero-order valence-electron chi connectivity index (χ0n) is 12.2. The minimum absolute atomic E-state index is 0.0494. The first-order valence-corrected chi connectivity index (χ1v) is 7.32. The van der Waals surface area contributed by atoms with Crippen LogP contribution >= 0.6 is 0 Å². The van der Waals surface area contributed by atoms with Gasteiger partial charge in [0, 0.05) is 44.3 Å². The van der Waals surface area contributed by atoms with Gasteiger partial charge in [-0.25, -0.2) is 0 Å². The van der Waals surface area contributed by atoms with E-state index in [0.717, 1.165) is 26.2 Å². The Balaban J connectivity index is 1.64. The topological polar surface area (TPSA) is 68.0 Å². The van der Waals surface area contributed by atoms with Gasteiger partial charge in [0.25, 0.3) is 5.91 Å². The van der Waals surface area contributed by atoms with Crippen molar-refractivity contribution in [3.05, 3.63) is 23.8 Å². The van der Waals surface area contributed by atoms with Crippen molar-refractivity contribution in [2.24, 2.45) is 5.73 Å². The summed E-state index contributed by atoms with van der Waals surface area (Å²) >= 11 is 0. The number of nitrogens with zero attached hydrogens (tertiary/aromatic N) is 2. The van der Waals surface area contributed by atoms with Gasteiger partial charge in [0.2, 0.25) is 6.79 Å². The van der Waals surface area contributed by atoms with E-state index in [2.05, 4.69) is 11.8 Å². The van der Waals surface area contributed by atoms with Gasteiger partial charge < -0.3 is 20.1 Å². The fourth-order valence-corrected chi connectivity index (χ4v) is 2.73. The Hall–Kier alpha value is -1.79. The third kappa shape index (κ3) is 2.82. The molecule has 3 rings (SSSR count). The number of fused-ring (bicyclic) bond motifs is 1. The highest BCUT2D eigenvalue weighted by atomic mass is 16.7. The van der Waals surface area contributed by atoms with Crippen molar-refractivity contribution < 1.29 is 14.3 Å². The summed E-state index contributed by atoms with van der Waals surface area (Å²) in [6, 6.07) is 5.72. The second kappa shape index (κ2) is 5.91. The van der Waals surface area contributed by atoms with Crippen LogP contribution in [0.1, 0.15) is 17.3 Å². The minimum atomic E-state index is 0.0494. The average Bonchev–Trinajstić information content (AvgIpc) is 3.01. The van der Waals surface area contributed by atoms with Crippen molar-refractivity contribution in [2.45, 2.75) is 13.0 Å². The SMILES string of the molecule is CC(CN)N1CCN(C(=O)c2ccc3c(c2)OCO3)CC1. The molecular weight excluding hydrogens is 270 g/mol.